The SMILES string of the molecule is CN(C)C(=O)CN1C(=O)CCC12CCN(C(=O)Cc1ccc(F)cn1)CC2. The van der Waals surface area contributed by atoms with Crippen LogP contribution < -0.4 is 0 Å². The molecule has 0 radical (unpaired) electrons. The maximum atomic E-state index is 12.9. The van der Waals surface area contributed by atoms with E-state index in [1.807, 2.05) is 0 Å². The van der Waals surface area contributed by atoms with Crippen LogP contribution in [0.2, 0.25) is 0 Å². The molecule has 0 atom stereocenters. The molecule has 1 aromatic heterocycles. The number of amides is 3. The Bertz CT molecular complexity index is 727. The van der Waals surface area contributed by atoms with E-state index in [0.717, 1.165) is 12.6 Å². The summed E-state index contributed by atoms with van der Waals surface area (Å²) in [6, 6.07) is 2.81. The highest BCUT2D eigenvalue weighted by molar-refractivity contribution is 5.87. The van der Waals surface area contributed by atoms with Crippen LogP contribution in [0.4, 0.5) is 4.39 Å². The van der Waals surface area contributed by atoms with Crippen LogP contribution in [-0.2, 0) is 20.8 Å². The smallest absolute Gasteiger partial charge is 0.241 e. The molecule has 0 unspecified atom stereocenters. The van der Waals surface area contributed by atoms with Crippen LogP contribution in [0.1, 0.15) is 31.4 Å². The van der Waals surface area contributed by atoms with Crippen molar-refractivity contribution in [2.45, 2.75) is 37.6 Å². The first-order valence-electron chi connectivity index (χ1n) is 9.19. The molecule has 2 saturated heterocycles. The zero-order valence-corrected chi connectivity index (χ0v) is 15.8. The van der Waals surface area contributed by atoms with E-state index in [-0.39, 0.29) is 36.2 Å². The maximum absolute atomic E-state index is 12.9. The van der Waals surface area contributed by atoms with E-state index < -0.39 is 5.82 Å². The van der Waals surface area contributed by atoms with Crippen molar-refractivity contribution in [3.05, 3.63) is 29.8 Å². The fraction of sp³-hybridized carbons (Fsp3) is 0.579. The van der Waals surface area contributed by atoms with E-state index in [1.165, 1.54) is 17.0 Å². The predicted molar refractivity (Wildman–Crippen MR) is 96.1 cm³/mol. The molecule has 1 spiro atoms. The first-order chi connectivity index (χ1) is 12.8. The van der Waals surface area contributed by atoms with Crippen LogP contribution in [0.5, 0.6) is 0 Å². The molecule has 0 N–H and O–H groups in total. The molecule has 27 heavy (non-hydrogen) atoms. The van der Waals surface area contributed by atoms with Crippen molar-refractivity contribution in [1.29, 1.82) is 0 Å². The third-order valence-electron chi connectivity index (χ3n) is 5.64. The molecular formula is C19H25FN4O3. The van der Waals surface area contributed by atoms with Gasteiger partial charge in [-0.2, -0.15) is 0 Å². The molecule has 146 valence electrons. The average Bonchev–Trinajstić information content (AvgIpc) is 2.93. The minimum Gasteiger partial charge on any atom is -0.347 e. The molecule has 0 bridgehead atoms. The zero-order valence-electron chi connectivity index (χ0n) is 15.8. The predicted octanol–water partition coefficient (Wildman–Crippen LogP) is 0.835. The van der Waals surface area contributed by atoms with E-state index in [0.29, 0.717) is 38.0 Å². The van der Waals surface area contributed by atoms with Crippen molar-refractivity contribution in [2.75, 3.05) is 33.7 Å². The van der Waals surface area contributed by atoms with E-state index in [2.05, 4.69) is 4.98 Å². The Labute approximate surface area is 158 Å². The first kappa shape index (κ1) is 19.3. The van der Waals surface area contributed by atoms with Gasteiger partial charge in [0.15, 0.2) is 0 Å². The van der Waals surface area contributed by atoms with Crippen molar-refractivity contribution in [1.82, 2.24) is 19.7 Å². The molecule has 0 saturated carbocycles. The third-order valence-corrected chi connectivity index (χ3v) is 5.64. The van der Waals surface area contributed by atoms with Crippen molar-refractivity contribution in [3.8, 4) is 0 Å². The Morgan fingerprint density at radius 2 is 1.93 bits per heavy atom. The second-order valence-corrected chi connectivity index (χ2v) is 7.52. The van der Waals surface area contributed by atoms with Gasteiger partial charge in [0, 0.05) is 44.8 Å². The number of likely N-dealkylation sites (tertiary alicyclic amines) is 2. The van der Waals surface area contributed by atoms with Gasteiger partial charge in [0.05, 0.1) is 12.6 Å². The Hall–Kier alpha value is -2.51. The van der Waals surface area contributed by atoms with E-state index in [9.17, 15) is 18.8 Å². The lowest BCUT2D eigenvalue weighted by atomic mass is 9.84. The Kier molecular flexibility index (Phi) is 5.43. The fourth-order valence-electron chi connectivity index (χ4n) is 3.88. The number of pyridine rings is 1. The van der Waals surface area contributed by atoms with Gasteiger partial charge in [-0.25, -0.2) is 4.39 Å². The highest BCUT2D eigenvalue weighted by Crippen LogP contribution is 2.39. The van der Waals surface area contributed by atoms with Gasteiger partial charge in [0.25, 0.3) is 0 Å². The van der Waals surface area contributed by atoms with Crippen LogP contribution in [0.3, 0.4) is 0 Å². The second kappa shape index (κ2) is 7.62. The number of piperidine rings is 1. The summed E-state index contributed by atoms with van der Waals surface area (Å²) in [6.07, 6.45) is 3.76. The lowest BCUT2D eigenvalue weighted by Crippen LogP contribution is -2.56. The molecule has 3 amide bonds. The monoisotopic (exact) mass is 376 g/mol. The zero-order chi connectivity index (χ0) is 19.6. The van der Waals surface area contributed by atoms with Gasteiger partial charge in [-0.05, 0) is 31.4 Å². The van der Waals surface area contributed by atoms with Crippen LogP contribution in [-0.4, -0.2) is 76.7 Å². The number of rotatable bonds is 4. The average molecular weight is 376 g/mol. The molecule has 1 aromatic rings. The first-order valence-corrected chi connectivity index (χ1v) is 9.19. The molecule has 7 nitrogen and oxygen atoms in total. The Morgan fingerprint density at radius 1 is 1.22 bits per heavy atom. The minimum atomic E-state index is -0.427. The van der Waals surface area contributed by atoms with Gasteiger partial charge in [0.2, 0.25) is 17.7 Å². The number of likely N-dealkylation sites (N-methyl/N-ethyl adjacent to an activating group) is 1. The maximum Gasteiger partial charge on any atom is 0.241 e. The number of carbonyl (C=O) groups is 3. The Balaban J connectivity index is 1.61. The summed E-state index contributed by atoms with van der Waals surface area (Å²) in [4.78, 5) is 45.9. The van der Waals surface area contributed by atoms with Crippen LogP contribution >= 0.6 is 0 Å². The molecule has 3 heterocycles. The normalized spacial score (nSPS) is 18.9. The van der Waals surface area contributed by atoms with Crippen molar-refractivity contribution in [2.24, 2.45) is 0 Å². The quantitative estimate of drug-likeness (QED) is 0.780. The Morgan fingerprint density at radius 3 is 2.52 bits per heavy atom. The molecule has 0 aliphatic carbocycles. The molecule has 2 aliphatic heterocycles. The number of halogens is 1. The fourth-order valence-corrected chi connectivity index (χ4v) is 3.88. The van der Waals surface area contributed by atoms with Gasteiger partial charge >= 0.3 is 0 Å². The molecular weight excluding hydrogens is 351 g/mol. The van der Waals surface area contributed by atoms with Crippen LogP contribution in [0.15, 0.2) is 18.3 Å². The second-order valence-electron chi connectivity index (χ2n) is 7.52. The van der Waals surface area contributed by atoms with Crippen LogP contribution in [0.25, 0.3) is 0 Å². The summed E-state index contributed by atoms with van der Waals surface area (Å²) < 4.78 is 12.9. The van der Waals surface area contributed by atoms with Crippen molar-refractivity contribution >= 4 is 17.7 Å². The van der Waals surface area contributed by atoms with Gasteiger partial charge in [-0.1, -0.05) is 0 Å². The third kappa shape index (κ3) is 4.09. The summed E-state index contributed by atoms with van der Waals surface area (Å²) in [7, 11) is 3.36. The molecule has 2 aliphatic rings. The van der Waals surface area contributed by atoms with Gasteiger partial charge in [-0.15, -0.1) is 0 Å². The summed E-state index contributed by atoms with van der Waals surface area (Å²) in [6.45, 7) is 1.18. The van der Waals surface area contributed by atoms with Crippen LogP contribution in [0, 0.1) is 5.82 Å². The van der Waals surface area contributed by atoms with Crippen molar-refractivity contribution < 1.29 is 18.8 Å². The molecule has 0 aromatic carbocycles. The summed E-state index contributed by atoms with van der Waals surface area (Å²) in [5.41, 5.74) is 0.212. The number of hydrogen-bond acceptors (Lipinski definition) is 4. The lowest BCUT2D eigenvalue weighted by molar-refractivity contribution is -0.143. The number of hydrogen-bond donors (Lipinski definition) is 0. The topological polar surface area (TPSA) is 73.8 Å². The summed E-state index contributed by atoms with van der Waals surface area (Å²) in [5.74, 6) is -0.556. The van der Waals surface area contributed by atoms with Gasteiger partial charge in [-0.3, -0.25) is 19.4 Å². The van der Waals surface area contributed by atoms with Gasteiger partial charge < -0.3 is 14.7 Å². The highest BCUT2D eigenvalue weighted by Gasteiger charge is 2.48. The number of nitrogens with zero attached hydrogens (tertiary/aromatic N) is 4. The van der Waals surface area contributed by atoms with E-state index >= 15 is 0 Å². The highest BCUT2D eigenvalue weighted by atomic mass is 19.1. The number of aromatic nitrogens is 1. The molecule has 3 rings (SSSR count). The number of carbonyl (C=O) groups excluding carboxylic acids is 3. The molecule has 2 fully saturated rings. The van der Waals surface area contributed by atoms with Gasteiger partial charge in [0.1, 0.15) is 12.4 Å². The standard InChI is InChI=1S/C19H25FN4O3/c1-22(2)18(27)13-24-16(25)5-6-19(24)7-9-23(10-8-19)17(26)11-15-4-3-14(20)12-21-15/h3-4,12H,5-11,13H2,1-2H3. The minimum absolute atomic E-state index is 0.0143. The van der Waals surface area contributed by atoms with E-state index in [4.69, 9.17) is 0 Å². The van der Waals surface area contributed by atoms with E-state index in [1.54, 1.807) is 23.9 Å². The van der Waals surface area contributed by atoms with Crippen molar-refractivity contribution in [3.63, 3.8) is 0 Å². The summed E-state index contributed by atoms with van der Waals surface area (Å²) in [5, 5.41) is 0. The molecule has 8 heteroatoms. The summed E-state index contributed by atoms with van der Waals surface area (Å²) >= 11 is 0. The largest absolute Gasteiger partial charge is 0.347 e. The lowest BCUT2D eigenvalue weighted by Gasteiger charge is -2.45.